The fraction of sp³-hybridized carbons (Fsp3) is 0.211. The Morgan fingerprint density at radius 2 is 2.00 bits per heavy atom. The van der Waals surface area contributed by atoms with Gasteiger partial charge in [-0.05, 0) is 18.2 Å². The molecular weight excluding hydrogens is 369 g/mol. The van der Waals surface area contributed by atoms with Crippen LogP contribution < -0.4 is 15.4 Å². The van der Waals surface area contributed by atoms with Crippen LogP contribution in [0, 0.1) is 5.82 Å². The molecule has 1 atom stereocenters. The second-order valence-corrected chi connectivity index (χ2v) is 6.95. The van der Waals surface area contributed by atoms with Gasteiger partial charge in [0.05, 0.1) is 19.3 Å². The van der Waals surface area contributed by atoms with Gasteiger partial charge >= 0.3 is 0 Å². The quantitative estimate of drug-likeness (QED) is 0.799. The van der Waals surface area contributed by atoms with Crippen LogP contribution in [0.3, 0.4) is 0 Å². The molecule has 0 aromatic heterocycles. The van der Waals surface area contributed by atoms with Gasteiger partial charge in [0, 0.05) is 12.0 Å². The van der Waals surface area contributed by atoms with E-state index in [2.05, 4.69) is 15.6 Å². The van der Waals surface area contributed by atoms with Crippen LogP contribution in [0.1, 0.15) is 12.0 Å². The van der Waals surface area contributed by atoms with Crippen molar-refractivity contribution in [3.63, 3.8) is 0 Å². The highest BCUT2D eigenvalue weighted by molar-refractivity contribution is 8.15. The maximum absolute atomic E-state index is 13.6. The smallest absolute Gasteiger partial charge is 0.240 e. The number of hydrogen-bond acceptors (Lipinski definition) is 5. The highest BCUT2D eigenvalue weighted by Crippen LogP contribution is 2.25. The molecule has 2 aromatic carbocycles. The molecule has 1 fully saturated rings. The molecule has 0 saturated carbocycles. The summed E-state index contributed by atoms with van der Waals surface area (Å²) in [5.41, 5.74) is 0.985. The van der Waals surface area contributed by atoms with E-state index in [4.69, 9.17) is 4.74 Å². The number of methoxy groups -OCH3 is 1. The number of ether oxygens (including phenoxy) is 1. The van der Waals surface area contributed by atoms with Crippen LogP contribution in [0.2, 0.25) is 0 Å². The Labute approximate surface area is 160 Å². The fourth-order valence-electron chi connectivity index (χ4n) is 2.54. The maximum Gasteiger partial charge on any atom is 0.240 e. The van der Waals surface area contributed by atoms with Crippen LogP contribution in [-0.2, 0) is 16.1 Å². The predicted molar refractivity (Wildman–Crippen MR) is 103 cm³/mol. The van der Waals surface area contributed by atoms with Gasteiger partial charge in [0.15, 0.2) is 5.17 Å². The molecule has 0 spiro atoms. The molecular formula is C19H18FN3O3S. The molecule has 140 valence electrons. The Morgan fingerprint density at radius 1 is 1.26 bits per heavy atom. The minimum absolute atomic E-state index is 0.0709. The van der Waals surface area contributed by atoms with E-state index < -0.39 is 17.0 Å². The Bertz CT molecular complexity index is 888. The summed E-state index contributed by atoms with van der Waals surface area (Å²) in [5, 5.41) is 5.00. The van der Waals surface area contributed by atoms with Gasteiger partial charge in [-0.3, -0.25) is 14.6 Å². The summed E-state index contributed by atoms with van der Waals surface area (Å²) in [4.78, 5) is 28.6. The molecule has 0 bridgehead atoms. The number of halogens is 1. The van der Waals surface area contributed by atoms with Crippen molar-refractivity contribution in [3.05, 3.63) is 59.9 Å². The van der Waals surface area contributed by atoms with Gasteiger partial charge in [0.25, 0.3) is 0 Å². The number of amides is 2. The molecule has 1 aliphatic heterocycles. The zero-order valence-electron chi connectivity index (χ0n) is 14.6. The van der Waals surface area contributed by atoms with Crippen molar-refractivity contribution in [1.82, 2.24) is 5.32 Å². The number of benzene rings is 2. The van der Waals surface area contributed by atoms with Crippen LogP contribution >= 0.6 is 11.8 Å². The highest BCUT2D eigenvalue weighted by atomic mass is 32.2. The van der Waals surface area contributed by atoms with E-state index in [1.54, 1.807) is 13.2 Å². The second kappa shape index (κ2) is 8.68. The number of nitrogens with one attached hydrogen (secondary N) is 2. The Balaban J connectivity index is 1.58. The number of hydrogen-bond donors (Lipinski definition) is 2. The summed E-state index contributed by atoms with van der Waals surface area (Å²) < 4.78 is 18.9. The highest BCUT2D eigenvalue weighted by Gasteiger charge is 2.32. The number of carbonyl (C=O) groups is 2. The van der Waals surface area contributed by atoms with Gasteiger partial charge in [-0.25, -0.2) is 4.39 Å². The number of rotatable bonds is 6. The van der Waals surface area contributed by atoms with E-state index in [0.29, 0.717) is 11.7 Å². The molecule has 0 radical (unpaired) electrons. The Morgan fingerprint density at radius 3 is 2.78 bits per heavy atom. The molecule has 3 rings (SSSR count). The summed E-state index contributed by atoms with van der Waals surface area (Å²) in [6, 6.07) is 13.4. The van der Waals surface area contributed by atoms with E-state index >= 15 is 0 Å². The minimum Gasteiger partial charge on any atom is -0.496 e. The van der Waals surface area contributed by atoms with E-state index in [9.17, 15) is 14.0 Å². The third kappa shape index (κ3) is 4.85. The van der Waals surface area contributed by atoms with Crippen molar-refractivity contribution < 1.29 is 18.7 Å². The van der Waals surface area contributed by atoms with Gasteiger partial charge in [-0.2, -0.15) is 0 Å². The van der Waals surface area contributed by atoms with Crippen molar-refractivity contribution in [3.8, 4) is 5.75 Å². The zero-order valence-corrected chi connectivity index (χ0v) is 15.4. The average molecular weight is 387 g/mol. The second-order valence-electron chi connectivity index (χ2n) is 5.76. The first kappa shape index (κ1) is 18.9. The minimum atomic E-state index is -0.604. The lowest BCUT2D eigenvalue weighted by molar-refractivity contribution is -0.122. The van der Waals surface area contributed by atoms with Crippen molar-refractivity contribution in [2.24, 2.45) is 4.99 Å². The van der Waals surface area contributed by atoms with E-state index in [-0.39, 0.29) is 18.0 Å². The molecule has 0 aliphatic carbocycles. The van der Waals surface area contributed by atoms with Crippen molar-refractivity contribution in [2.75, 3.05) is 12.4 Å². The monoisotopic (exact) mass is 387 g/mol. The number of aliphatic imine (C=N–C) groups is 1. The Kier molecular flexibility index (Phi) is 6.08. The predicted octanol–water partition coefficient (Wildman–Crippen LogP) is 2.95. The van der Waals surface area contributed by atoms with E-state index in [1.807, 2.05) is 24.3 Å². The largest absolute Gasteiger partial charge is 0.496 e. The zero-order chi connectivity index (χ0) is 19.2. The fourth-order valence-corrected chi connectivity index (χ4v) is 3.51. The first-order valence-electron chi connectivity index (χ1n) is 8.25. The van der Waals surface area contributed by atoms with Gasteiger partial charge in [-0.15, -0.1) is 0 Å². The first-order chi connectivity index (χ1) is 13.1. The van der Waals surface area contributed by atoms with E-state index in [0.717, 1.165) is 11.3 Å². The molecule has 2 N–H and O–H groups in total. The third-order valence-corrected chi connectivity index (χ3v) is 5.00. The van der Waals surface area contributed by atoms with Crippen molar-refractivity contribution >= 4 is 34.4 Å². The number of anilines is 1. The first-order valence-corrected chi connectivity index (χ1v) is 9.13. The van der Waals surface area contributed by atoms with Crippen LogP contribution in [0.25, 0.3) is 0 Å². The molecule has 8 heteroatoms. The number of carbonyl (C=O) groups excluding carboxylic acids is 2. The molecule has 1 heterocycles. The standard InChI is InChI=1S/C19H18FN3O3S/c1-26-15-9-5-2-6-12(15)11-21-19-23-18(25)16(27-19)10-17(24)22-14-8-4-3-7-13(14)20/h2-9,16H,10-11H2,1H3,(H,22,24)(H,21,23,25)/t16-/m0/s1. The van der Waals surface area contributed by atoms with Crippen molar-refractivity contribution in [1.29, 1.82) is 0 Å². The summed E-state index contributed by atoms with van der Waals surface area (Å²) in [5.74, 6) is -0.522. The SMILES string of the molecule is COc1ccccc1CN=C1NC(=O)[C@H](CC(=O)Nc2ccccc2F)S1. The molecule has 2 amide bonds. The van der Waals surface area contributed by atoms with Crippen LogP contribution in [-0.4, -0.2) is 29.3 Å². The van der Waals surface area contributed by atoms with Crippen LogP contribution in [0.5, 0.6) is 5.75 Å². The van der Waals surface area contributed by atoms with Gasteiger partial charge in [0.1, 0.15) is 16.8 Å². The van der Waals surface area contributed by atoms with Crippen molar-refractivity contribution in [2.45, 2.75) is 18.2 Å². The molecule has 6 nitrogen and oxygen atoms in total. The topological polar surface area (TPSA) is 79.8 Å². The number of nitrogens with zero attached hydrogens (tertiary/aromatic N) is 1. The molecule has 1 aliphatic rings. The van der Waals surface area contributed by atoms with Crippen LogP contribution in [0.4, 0.5) is 10.1 Å². The van der Waals surface area contributed by atoms with Gasteiger partial charge in [-0.1, -0.05) is 42.1 Å². The molecule has 27 heavy (non-hydrogen) atoms. The summed E-state index contributed by atoms with van der Waals surface area (Å²) in [6.45, 7) is 0.348. The third-order valence-electron chi connectivity index (χ3n) is 3.88. The molecule has 0 unspecified atom stereocenters. The number of amidine groups is 1. The molecule has 2 aromatic rings. The normalized spacial score (nSPS) is 17.6. The summed E-state index contributed by atoms with van der Waals surface area (Å²) >= 11 is 1.19. The lowest BCUT2D eigenvalue weighted by Crippen LogP contribution is -2.28. The number of thioether (sulfide) groups is 1. The van der Waals surface area contributed by atoms with E-state index in [1.165, 1.54) is 30.0 Å². The lowest BCUT2D eigenvalue weighted by atomic mass is 10.2. The maximum atomic E-state index is 13.6. The van der Waals surface area contributed by atoms with Gasteiger partial charge in [0.2, 0.25) is 11.8 Å². The Hall–Kier alpha value is -2.87. The average Bonchev–Trinajstić information content (AvgIpc) is 3.01. The summed E-state index contributed by atoms with van der Waals surface area (Å²) in [7, 11) is 1.59. The summed E-state index contributed by atoms with van der Waals surface area (Å²) in [6.07, 6.45) is -0.0709. The number of para-hydroxylation sites is 2. The lowest BCUT2D eigenvalue weighted by Gasteiger charge is -2.08. The van der Waals surface area contributed by atoms with Crippen LogP contribution in [0.15, 0.2) is 53.5 Å². The van der Waals surface area contributed by atoms with Gasteiger partial charge < -0.3 is 15.4 Å². The molecule has 1 saturated heterocycles.